The number of imidazole rings is 1. The van der Waals surface area contributed by atoms with Crippen molar-refractivity contribution in [3.63, 3.8) is 0 Å². The molecule has 0 N–H and O–H groups in total. The molecule has 1 atom stereocenters. The number of rotatable bonds is 5. The fraction of sp³-hybridized carbons (Fsp3) is 0.667. The van der Waals surface area contributed by atoms with E-state index < -0.39 is 0 Å². The van der Waals surface area contributed by atoms with E-state index in [0.29, 0.717) is 13.2 Å². The summed E-state index contributed by atoms with van der Waals surface area (Å²) < 4.78 is 10.0. The molecule has 3 heterocycles. The first-order valence-corrected chi connectivity index (χ1v) is 7.83. The second-order valence-corrected chi connectivity index (χ2v) is 5.51. The highest BCUT2D eigenvalue weighted by Crippen LogP contribution is 2.18. The van der Waals surface area contributed by atoms with Crippen LogP contribution < -0.4 is 0 Å². The molecule has 6 heteroatoms. The molecular formula is C15H23N5O. The van der Waals surface area contributed by atoms with Crippen molar-refractivity contribution in [3.05, 3.63) is 29.9 Å². The first-order valence-electron chi connectivity index (χ1n) is 7.83. The first-order chi connectivity index (χ1) is 10.3. The van der Waals surface area contributed by atoms with E-state index in [1.54, 1.807) is 0 Å². The van der Waals surface area contributed by atoms with Crippen molar-refractivity contribution in [1.82, 2.24) is 24.3 Å². The molecule has 2 aromatic rings. The van der Waals surface area contributed by atoms with Crippen LogP contribution >= 0.6 is 0 Å². The summed E-state index contributed by atoms with van der Waals surface area (Å²) in [6.07, 6.45) is 8.56. The highest BCUT2D eigenvalue weighted by molar-refractivity contribution is 5.03. The van der Waals surface area contributed by atoms with Gasteiger partial charge in [0.25, 0.3) is 0 Å². The van der Waals surface area contributed by atoms with E-state index in [2.05, 4.69) is 24.3 Å². The van der Waals surface area contributed by atoms with Crippen LogP contribution in [-0.2, 0) is 24.2 Å². The third kappa shape index (κ3) is 3.00. The Labute approximate surface area is 125 Å². The van der Waals surface area contributed by atoms with Crippen LogP contribution in [0.4, 0.5) is 0 Å². The van der Waals surface area contributed by atoms with Crippen molar-refractivity contribution in [2.75, 3.05) is 6.61 Å². The molecule has 0 aromatic carbocycles. The fourth-order valence-electron chi connectivity index (χ4n) is 2.95. The van der Waals surface area contributed by atoms with E-state index in [1.165, 1.54) is 19.3 Å². The van der Waals surface area contributed by atoms with Crippen LogP contribution in [0, 0.1) is 0 Å². The highest BCUT2D eigenvalue weighted by atomic mass is 16.5. The van der Waals surface area contributed by atoms with E-state index in [0.717, 1.165) is 30.4 Å². The van der Waals surface area contributed by atoms with E-state index >= 15 is 0 Å². The zero-order valence-electron chi connectivity index (χ0n) is 12.8. The van der Waals surface area contributed by atoms with E-state index in [1.807, 2.05) is 26.2 Å². The second-order valence-electron chi connectivity index (χ2n) is 5.51. The number of hydrogen-bond donors (Lipinski definition) is 0. The van der Waals surface area contributed by atoms with Gasteiger partial charge in [0.1, 0.15) is 17.8 Å². The Hall–Kier alpha value is -1.69. The number of nitrogens with zero attached hydrogens (tertiary/aromatic N) is 5. The lowest BCUT2D eigenvalue weighted by molar-refractivity contribution is 0.0676. The predicted octanol–water partition coefficient (Wildman–Crippen LogP) is 2.35. The number of ether oxygens (including phenoxy) is 1. The largest absolute Gasteiger partial charge is 0.371 e. The Morgan fingerprint density at radius 2 is 2.19 bits per heavy atom. The summed E-state index contributed by atoms with van der Waals surface area (Å²) in [5.74, 6) is 3.10. The van der Waals surface area contributed by atoms with Gasteiger partial charge in [0.2, 0.25) is 0 Å². The van der Waals surface area contributed by atoms with Gasteiger partial charge in [0.15, 0.2) is 5.82 Å². The van der Waals surface area contributed by atoms with Crippen molar-refractivity contribution in [2.45, 2.75) is 58.7 Å². The van der Waals surface area contributed by atoms with Crippen LogP contribution in [0.2, 0.25) is 0 Å². The van der Waals surface area contributed by atoms with E-state index in [4.69, 9.17) is 4.74 Å². The molecule has 1 aliphatic rings. The summed E-state index contributed by atoms with van der Waals surface area (Å²) in [7, 11) is 0. The summed E-state index contributed by atoms with van der Waals surface area (Å²) in [4.78, 5) is 4.43. The van der Waals surface area contributed by atoms with Crippen LogP contribution in [0.3, 0.4) is 0 Å². The number of aryl methyl sites for hydroxylation is 1. The van der Waals surface area contributed by atoms with Gasteiger partial charge in [0, 0.05) is 32.0 Å². The Bertz CT molecular complexity index is 589. The van der Waals surface area contributed by atoms with Crippen LogP contribution in [-0.4, -0.2) is 30.9 Å². The Balaban J connectivity index is 1.81. The van der Waals surface area contributed by atoms with Gasteiger partial charge in [-0.25, -0.2) is 4.98 Å². The first kappa shape index (κ1) is 14.3. The van der Waals surface area contributed by atoms with Gasteiger partial charge in [-0.3, -0.25) is 0 Å². The molecule has 114 valence electrons. The molecule has 3 rings (SSSR count). The normalized spacial score (nSPS) is 16.5. The molecule has 0 aliphatic carbocycles. The van der Waals surface area contributed by atoms with Gasteiger partial charge >= 0.3 is 0 Å². The number of aromatic nitrogens is 5. The molecule has 21 heavy (non-hydrogen) atoms. The van der Waals surface area contributed by atoms with Gasteiger partial charge in [-0.2, -0.15) is 0 Å². The maximum atomic E-state index is 5.65. The predicted molar refractivity (Wildman–Crippen MR) is 78.9 cm³/mol. The molecule has 0 spiro atoms. The number of fused-ring (bicyclic) bond motifs is 1. The molecule has 0 saturated heterocycles. The Kier molecular flexibility index (Phi) is 4.34. The zero-order valence-corrected chi connectivity index (χ0v) is 12.8. The topological polar surface area (TPSA) is 57.8 Å². The van der Waals surface area contributed by atoms with Crippen LogP contribution in [0.15, 0.2) is 12.4 Å². The zero-order chi connectivity index (χ0) is 14.7. The van der Waals surface area contributed by atoms with Gasteiger partial charge < -0.3 is 13.9 Å². The van der Waals surface area contributed by atoms with Gasteiger partial charge in [-0.15, -0.1) is 10.2 Å². The maximum absolute atomic E-state index is 5.65. The lowest BCUT2D eigenvalue weighted by atomic mass is 10.2. The van der Waals surface area contributed by atoms with Crippen molar-refractivity contribution < 1.29 is 4.74 Å². The molecule has 0 bridgehead atoms. The SMILES string of the molecule is CCOC(C)c1nccn1Cc1nnc2n1CCCCC2. The quantitative estimate of drug-likeness (QED) is 0.848. The van der Waals surface area contributed by atoms with Gasteiger partial charge in [-0.05, 0) is 26.7 Å². The second kappa shape index (κ2) is 6.39. The van der Waals surface area contributed by atoms with E-state index in [9.17, 15) is 0 Å². The molecule has 0 fully saturated rings. The van der Waals surface area contributed by atoms with Crippen molar-refractivity contribution in [1.29, 1.82) is 0 Å². The smallest absolute Gasteiger partial charge is 0.153 e. The third-order valence-electron chi connectivity index (χ3n) is 4.03. The molecule has 0 amide bonds. The average Bonchev–Trinajstić information content (AvgIpc) is 3.01. The summed E-state index contributed by atoms with van der Waals surface area (Å²) >= 11 is 0. The Morgan fingerprint density at radius 1 is 1.29 bits per heavy atom. The third-order valence-corrected chi connectivity index (χ3v) is 4.03. The summed E-state index contributed by atoms with van der Waals surface area (Å²) in [5, 5.41) is 8.74. The van der Waals surface area contributed by atoms with Crippen molar-refractivity contribution >= 4 is 0 Å². The minimum Gasteiger partial charge on any atom is -0.371 e. The fourth-order valence-corrected chi connectivity index (χ4v) is 2.95. The van der Waals surface area contributed by atoms with Crippen LogP contribution in [0.25, 0.3) is 0 Å². The van der Waals surface area contributed by atoms with Gasteiger partial charge in [-0.1, -0.05) is 6.42 Å². The standard InChI is InChI=1S/C15H23N5O/c1-3-21-12(2)15-16-8-10-19(15)11-14-18-17-13-7-5-4-6-9-20(13)14/h8,10,12H,3-7,9,11H2,1-2H3. The van der Waals surface area contributed by atoms with Crippen molar-refractivity contribution in [2.24, 2.45) is 0 Å². The number of hydrogen-bond acceptors (Lipinski definition) is 4. The summed E-state index contributed by atoms with van der Waals surface area (Å²) in [6.45, 7) is 6.46. The Morgan fingerprint density at radius 3 is 3.05 bits per heavy atom. The molecule has 0 radical (unpaired) electrons. The highest BCUT2D eigenvalue weighted by Gasteiger charge is 2.17. The molecular weight excluding hydrogens is 266 g/mol. The minimum absolute atomic E-state index is 0.00322. The average molecular weight is 289 g/mol. The van der Waals surface area contributed by atoms with E-state index in [-0.39, 0.29) is 6.10 Å². The van der Waals surface area contributed by atoms with Crippen molar-refractivity contribution in [3.8, 4) is 0 Å². The van der Waals surface area contributed by atoms with Crippen LogP contribution in [0.1, 0.15) is 56.7 Å². The molecule has 6 nitrogen and oxygen atoms in total. The summed E-state index contributed by atoms with van der Waals surface area (Å²) in [5.41, 5.74) is 0. The molecule has 0 saturated carbocycles. The molecule has 1 aliphatic heterocycles. The molecule has 1 unspecified atom stereocenters. The maximum Gasteiger partial charge on any atom is 0.153 e. The lowest BCUT2D eigenvalue weighted by Gasteiger charge is -2.14. The monoisotopic (exact) mass is 289 g/mol. The van der Waals surface area contributed by atoms with Gasteiger partial charge in [0.05, 0.1) is 6.54 Å². The lowest BCUT2D eigenvalue weighted by Crippen LogP contribution is -2.14. The summed E-state index contributed by atoms with van der Waals surface area (Å²) in [6, 6.07) is 0. The molecule has 2 aromatic heterocycles. The van der Waals surface area contributed by atoms with Crippen LogP contribution in [0.5, 0.6) is 0 Å². The minimum atomic E-state index is -0.00322.